The largest absolute Gasteiger partial charge is 0.393 e. The Labute approximate surface area is 150 Å². The van der Waals surface area contributed by atoms with Crippen LogP contribution in [0.2, 0.25) is 0 Å². The third-order valence-electron chi connectivity index (χ3n) is 3.35. The summed E-state index contributed by atoms with van der Waals surface area (Å²) >= 11 is 1.22. The molecule has 0 saturated heterocycles. The van der Waals surface area contributed by atoms with Crippen LogP contribution in [-0.4, -0.2) is 54.9 Å². The summed E-state index contributed by atoms with van der Waals surface area (Å²) in [5.41, 5.74) is 0.828. The second-order valence-corrected chi connectivity index (χ2v) is 5.96. The number of hydrogen-bond donors (Lipinski definition) is 2. The van der Waals surface area contributed by atoms with Gasteiger partial charge in [-0.25, -0.2) is 4.98 Å². The normalized spacial score (nSPS) is 10.8. The topological polar surface area (TPSA) is 92.3 Å². The molecule has 0 aliphatic heterocycles. The Morgan fingerprint density at radius 1 is 1.36 bits per heavy atom. The van der Waals surface area contributed by atoms with E-state index >= 15 is 0 Å². The van der Waals surface area contributed by atoms with Gasteiger partial charge < -0.3 is 20.3 Å². The monoisotopic (exact) mass is 362 g/mol. The third-order valence-corrected chi connectivity index (χ3v) is 4.32. The van der Waals surface area contributed by atoms with E-state index in [2.05, 4.69) is 37.6 Å². The second-order valence-electron chi connectivity index (χ2n) is 4.99. The Balaban J connectivity index is 2.07. The molecule has 0 bridgehead atoms. The van der Waals surface area contributed by atoms with Gasteiger partial charge in [0.2, 0.25) is 5.01 Å². The molecule has 0 aliphatic rings. The molecule has 2 N–H and O–H groups in total. The van der Waals surface area contributed by atoms with Crippen LogP contribution in [0.4, 0.5) is 5.82 Å². The molecule has 0 spiro atoms. The van der Waals surface area contributed by atoms with E-state index in [1.165, 1.54) is 17.5 Å². The zero-order valence-electron chi connectivity index (χ0n) is 14.5. The molecule has 2 aromatic rings. The Hall–Kier alpha value is -2.52. The number of nitrogens with zero attached hydrogens (tertiary/aromatic N) is 4. The molecule has 25 heavy (non-hydrogen) atoms. The lowest BCUT2D eigenvalue weighted by Gasteiger charge is -2.21. The van der Waals surface area contributed by atoms with Crippen LogP contribution in [0, 0.1) is 0 Å². The fourth-order valence-corrected chi connectivity index (χ4v) is 2.77. The van der Waals surface area contributed by atoms with Gasteiger partial charge in [-0.3, -0.25) is 4.79 Å². The molecule has 0 aromatic carbocycles. The number of pyridine rings is 1. The van der Waals surface area contributed by atoms with Crippen molar-refractivity contribution in [1.82, 2.24) is 25.8 Å². The van der Waals surface area contributed by atoms with E-state index in [-0.39, 0.29) is 5.91 Å². The first-order valence-electron chi connectivity index (χ1n) is 7.86. The molecular formula is C16H22N6O2S. The maximum atomic E-state index is 11.9. The molecule has 8 nitrogen and oxygen atoms in total. The minimum Gasteiger partial charge on any atom is -0.393 e. The van der Waals surface area contributed by atoms with Gasteiger partial charge in [0.25, 0.3) is 5.91 Å². The van der Waals surface area contributed by atoms with Gasteiger partial charge in [-0.1, -0.05) is 11.3 Å². The Morgan fingerprint density at radius 2 is 2.20 bits per heavy atom. The lowest BCUT2D eigenvalue weighted by molar-refractivity contribution is 0.0969. The van der Waals surface area contributed by atoms with Crippen molar-refractivity contribution in [1.29, 1.82) is 0 Å². The van der Waals surface area contributed by atoms with Crippen molar-refractivity contribution in [3.63, 3.8) is 0 Å². The summed E-state index contributed by atoms with van der Waals surface area (Å²) in [6.07, 6.45) is 4.87. The van der Waals surface area contributed by atoms with Gasteiger partial charge in [-0.15, -0.1) is 10.2 Å². The van der Waals surface area contributed by atoms with E-state index in [0.717, 1.165) is 24.5 Å². The number of likely N-dealkylation sites (N-methyl/N-ethyl adjacent to an activating group) is 1. The van der Waals surface area contributed by atoms with Crippen LogP contribution < -0.4 is 15.5 Å². The fourth-order valence-electron chi connectivity index (χ4n) is 2.03. The van der Waals surface area contributed by atoms with E-state index in [0.29, 0.717) is 16.6 Å². The third kappa shape index (κ3) is 5.23. The van der Waals surface area contributed by atoms with E-state index in [1.54, 1.807) is 26.6 Å². The van der Waals surface area contributed by atoms with Crippen molar-refractivity contribution in [2.75, 3.05) is 38.8 Å². The zero-order chi connectivity index (χ0) is 18.1. The molecule has 1 amide bonds. The maximum Gasteiger partial charge on any atom is 0.286 e. The molecule has 2 heterocycles. The summed E-state index contributed by atoms with van der Waals surface area (Å²) in [5.74, 6) is 0.583. The second kappa shape index (κ2) is 9.70. The highest BCUT2D eigenvalue weighted by atomic mass is 32.1. The van der Waals surface area contributed by atoms with Crippen LogP contribution >= 0.6 is 11.3 Å². The fraction of sp³-hybridized carbons (Fsp3) is 0.375. The van der Waals surface area contributed by atoms with Crippen LogP contribution in [0.3, 0.4) is 0 Å². The average Bonchev–Trinajstić information content (AvgIpc) is 3.13. The molecule has 0 unspecified atom stereocenters. The summed E-state index contributed by atoms with van der Waals surface area (Å²) in [5, 5.41) is 14.4. The highest BCUT2D eigenvalue weighted by Crippen LogP contribution is 2.24. The number of methoxy groups -OCH3 is 1. The van der Waals surface area contributed by atoms with Gasteiger partial charge >= 0.3 is 0 Å². The first-order chi connectivity index (χ1) is 12.2. The predicted molar refractivity (Wildman–Crippen MR) is 98.6 cm³/mol. The lowest BCUT2D eigenvalue weighted by atomic mass is 10.3. The number of rotatable bonds is 9. The lowest BCUT2D eigenvalue weighted by Crippen LogP contribution is -2.27. The number of aromatic nitrogens is 3. The molecule has 0 radical (unpaired) electrons. The first-order valence-corrected chi connectivity index (χ1v) is 8.68. The minimum atomic E-state index is -0.295. The summed E-state index contributed by atoms with van der Waals surface area (Å²) < 4.78 is 5.12. The van der Waals surface area contributed by atoms with E-state index < -0.39 is 0 Å². The molecule has 9 heteroatoms. The number of hydrogen-bond acceptors (Lipinski definition) is 8. The number of nitrogens with one attached hydrogen (secondary N) is 2. The first kappa shape index (κ1) is 18.8. The number of carbonyl (C=O) groups is 1. The molecule has 0 aliphatic carbocycles. The maximum absolute atomic E-state index is 11.9. The Morgan fingerprint density at radius 3 is 2.84 bits per heavy atom. The molecule has 2 aromatic heterocycles. The van der Waals surface area contributed by atoms with Crippen LogP contribution in [0.25, 0.3) is 10.6 Å². The summed E-state index contributed by atoms with van der Waals surface area (Å²) in [6, 6.07) is 3.87. The van der Waals surface area contributed by atoms with Crippen molar-refractivity contribution < 1.29 is 9.53 Å². The van der Waals surface area contributed by atoms with Crippen LogP contribution in [0.5, 0.6) is 0 Å². The van der Waals surface area contributed by atoms with Crippen molar-refractivity contribution in [2.45, 2.75) is 6.92 Å². The summed E-state index contributed by atoms with van der Waals surface area (Å²) in [4.78, 5) is 18.5. The van der Waals surface area contributed by atoms with Crippen LogP contribution in [0.1, 0.15) is 16.7 Å². The van der Waals surface area contributed by atoms with Crippen molar-refractivity contribution in [2.24, 2.45) is 0 Å². The smallest absolute Gasteiger partial charge is 0.286 e. The average molecular weight is 362 g/mol. The number of ether oxygens (including phenoxy) is 1. The minimum absolute atomic E-state index is 0.295. The van der Waals surface area contributed by atoms with Gasteiger partial charge in [0.05, 0.1) is 6.61 Å². The molecular weight excluding hydrogens is 340 g/mol. The Kier molecular flexibility index (Phi) is 7.30. The zero-order valence-corrected chi connectivity index (χ0v) is 15.3. The van der Waals surface area contributed by atoms with E-state index in [1.807, 2.05) is 12.1 Å². The van der Waals surface area contributed by atoms with Gasteiger partial charge in [-0.05, 0) is 19.1 Å². The van der Waals surface area contributed by atoms with Gasteiger partial charge in [0.15, 0.2) is 0 Å². The summed E-state index contributed by atoms with van der Waals surface area (Å²) in [7, 11) is 3.43. The van der Waals surface area contributed by atoms with Gasteiger partial charge in [0.1, 0.15) is 10.8 Å². The molecule has 0 fully saturated rings. The number of anilines is 1. The van der Waals surface area contributed by atoms with Crippen LogP contribution in [0.15, 0.2) is 30.7 Å². The predicted octanol–water partition coefficient (Wildman–Crippen LogP) is 1.49. The van der Waals surface area contributed by atoms with Crippen molar-refractivity contribution in [3.05, 3.63) is 35.7 Å². The summed E-state index contributed by atoms with van der Waals surface area (Å²) in [6.45, 7) is 4.35. The Bertz CT molecular complexity index is 701. The van der Waals surface area contributed by atoms with Crippen molar-refractivity contribution in [3.8, 4) is 10.6 Å². The van der Waals surface area contributed by atoms with E-state index in [9.17, 15) is 4.79 Å². The highest BCUT2D eigenvalue weighted by Gasteiger charge is 2.13. The standard InChI is InChI=1S/C16H22N6O2S/c1-4-22(9-10-24-3)13-6-5-12(11-19-13)15-20-21-16(25-15)14(23)18-8-7-17-2/h5-8,11,17H,4,9-10H2,1-3H3,(H,18,23)/b8-7+. The molecule has 0 atom stereocenters. The van der Waals surface area contributed by atoms with Crippen molar-refractivity contribution >= 4 is 23.1 Å². The van der Waals surface area contributed by atoms with Gasteiger partial charge in [0, 0.05) is 51.4 Å². The SMILES string of the molecule is CCN(CCOC)c1ccc(-c2nnc(C(=O)N/C=C/NC)s2)cn1. The van der Waals surface area contributed by atoms with E-state index in [4.69, 9.17) is 4.74 Å². The highest BCUT2D eigenvalue weighted by molar-refractivity contribution is 7.16. The molecule has 2 rings (SSSR count). The van der Waals surface area contributed by atoms with Crippen LogP contribution in [-0.2, 0) is 4.74 Å². The number of carbonyl (C=O) groups excluding carboxylic acids is 1. The quantitative estimate of drug-likeness (QED) is 0.698. The number of amides is 1. The molecule has 134 valence electrons. The van der Waals surface area contributed by atoms with Gasteiger partial charge in [-0.2, -0.15) is 0 Å². The molecule has 0 saturated carbocycles.